The summed E-state index contributed by atoms with van der Waals surface area (Å²) in [6, 6.07) is 8.86. The lowest BCUT2D eigenvalue weighted by Crippen LogP contribution is -2.17. The molecule has 0 fully saturated rings. The van der Waals surface area contributed by atoms with Crippen LogP contribution in [0.1, 0.15) is 31.8 Å². The van der Waals surface area contributed by atoms with Crippen molar-refractivity contribution in [3.05, 3.63) is 64.5 Å². The van der Waals surface area contributed by atoms with Gasteiger partial charge in [0.1, 0.15) is 5.82 Å². The number of hydrogen-bond donors (Lipinski definition) is 2. The molecule has 0 spiro atoms. The molecule has 0 unspecified atom stereocenters. The summed E-state index contributed by atoms with van der Waals surface area (Å²) < 4.78 is 13.1. The Morgan fingerprint density at radius 3 is 2.43 bits per heavy atom. The van der Waals surface area contributed by atoms with E-state index in [2.05, 4.69) is 5.32 Å². The van der Waals surface area contributed by atoms with Crippen LogP contribution in [0, 0.1) is 19.7 Å². The Bertz CT molecular complexity index is 726. The lowest BCUT2D eigenvalue weighted by Gasteiger charge is -2.12. The molecule has 0 heterocycles. The number of primary amides is 1. The van der Waals surface area contributed by atoms with E-state index < -0.39 is 11.7 Å². The SMILES string of the molecule is Cc1cc(F)ccc1C(=O)Nc1cccc(C(N)=O)c1C. The van der Waals surface area contributed by atoms with E-state index in [0.29, 0.717) is 27.9 Å². The highest BCUT2D eigenvalue weighted by atomic mass is 19.1. The second-order valence-corrected chi connectivity index (χ2v) is 4.76. The monoisotopic (exact) mass is 286 g/mol. The summed E-state index contributed by atoms with van der Waals surface area (Å²) in [6.45, 7) is 3.36. The maximum atomic E-state index is 13.1. The normalized spacial score (nSPS) is 10.2. The Labute approximate surface area is 121 Å². The minimum Gasteiger partial charge on any atom is -0.366 e. The van der Waals surface area contributed by atoms with Crippen LogP contribution in [0.25, 0.3) is 0 Å². The molecule has 5 heteroatoms. The Morgan fingerprint density at radius 2 is 1.81 bits per heavy atom. The Balaban J connectivity index is 2.32. The van der Waals surface area contributed by atoms with Gasteiger partial charge >= 0.3 is 0 Å². The second kappa shape index (κ2) is 5.75. The average Bonchev–Trinajstić information content (AvgIpc) is 2.40. The van der Waals surface area contributed by atoms with E-state index in [9.17, 15) is 14.0 Å². The van der Waals surface area contributed by atoms with E-state index in [1.807, 2.05) is 0 Å². The summed E-state index contributed by atoms with van der Waals surface area (Å²) in [5.74, 6) is -1.31. The lowest BCUT2D eigenvalue weighted by molar-refractivity contribution is 0.0995. The molecule has 21 heavy (non-hydrogen) atoms. The number of nitrogens with two attached hydrogens (primary N) is 1. The second-order valence-electron chi connectivity index (χ2n) is 4.76. The molecular formula is C16H15FN2O2. The van der Waals surface area contributed by atoms with Crippen LogP contribution in [0.15, 0.2) is 36.4 Å². The molecule has 0 aliphatic carbocycles. The summed E-state index contributed by atoms with van der Waals surface area (Å²) in [7, 11) is 0. The highest BCUT2D eigenvalue weighted by Gasteiger charge is 2.13. The Hall–Kier alpha value is -2.69. The maximum absolute atomic E-state index is 13.1. The summed E-state index contributed by atoms with van der Waals surface area (Å²) in [5, 5.41) is 2.71. The molecule has 4 nitrogen and oxygen atoms in total. The lowest BCUT2D eigenvalue weighted by atomic mass is 10.0. The summed E-state index contributed by atoms with van der Waals surface area (Å²) in [6.07, 6.45) is 0. The average molecular weight is 286 g/mol. The van der Waals surface area contributed by atoms with Gasteiger partial charge in [-0.05, 0) is 55.3 Å². The Kier molecular flexibility index (Phi) is 4.03. The third-order valence-electron chi connectivity index (χ3n) is 3.28. The number of aryl methyl sites for hydroxylation is 1. The fraction of sp³-hybridized carbons (Fsp3) is 0.125. The first-order chi connectivity index (χ1) is 9.90. The molecule has 0 bridgehead atoms. The standard InChI is InChI=1S/C16H15FN2O2/c1-9-8-11(17)6-7-12(9)16(21)19-14-5-3-4-13(10(14)2)15(18)20/h3-8H,1-2H3,(H2,18,20)(H,19,21). The van der Waals surface area contributed by atoms with Crippen molar-refractivity contribution in [3.63, 3.8) is 0 Å². The zero-order valence-corrected chi connectivity index (χ0v) is 11.7. The first kappa shape index (κ1) is 14.7. The molecule has 0 radical (unpaired) electrons. The smallest absolute Gasteiger partial charge is 0.255 e. The summed E-state index contributed by atoms with van der Waals surface area (Å²) in [4.78, 5) is 23.5. The van der Waals surface area contributed by atoms with E-state index in [-0.39, 0.29) is 5.91 Å². The molecule has 3 N–H and O–H groups in total. The van der Waals surface area contributed by atoms with Gasteiger partial charge in [-0.2, -0.15) is 0 Å². The van der Waals surface area contributed by atoms with Gasteiger partial charge in [0.25, 0.3) is 5.91 Å². The fourth-order valence-electron chi connectivity index (χ4n) is 2.11. The zero-order chi connectivity index (χ0) is 15.6. The predicted molar refractivity (Wildman–Crippen MR) is 78.8 cm³/mol. The van der Waals surface area contributed by atoms with Crippen molar-refractivity contribution in [1.82, 2.24) is 0 Å². The number of benzene rings is 2. The highest BCUT2D eigenvalue weighted by Crippen LogP contribution is 2.20. The van der Waals surface area contributed by atoms with Crippen LogP contribution in [-0.2, 0) is 0 Å². The number of hydrogen-bond acceptors (Lipinski definition) is 2. The van der Waals surface area contributed by atoms with Crippen LogP contribution in [-0.4, -0.2) is 11.8 Å². The van der Waals surface area contributed by atoms with Crippen LogP contribution in [0.3, 0.4) is 0 Å². The number of carbonyl (C=O) groups is 2. The molecule has 0 saturated carbocycles. The number of anilines is 1. The molecule has 2 rings (SSSR count). The maximum Gasteiger partial charge on any atom is 0.255 e. The van der Waals surface area contributed by atoms with Crippen LogP contribution in [0.5, 0.6) is 0 Å². The molecule has 0 aliphatic heterocycles. The van der Waals surface area contributed by atoms with Gasteiger partial charge < -0.3 is 11.1 Å². The molecule has 0 atom stereocenters. The summed E-state index contributed by atoms with van der Waals surface area (Å²) in [5.41, 5.74) is 7.63. The topological polar surface area (TPSA) is 72.2 Å². The van der Waals surface area contributed by atoms with Crippen LogP contribution in [0.4, 0.5) is 10.1 Å². The number of amides is 2. The minimum absolute atomic E-state index is 0.351. The van der Waals surface area contributed by atoms with Crippen molar-refractivity contribution in [2.45, 2.75) is 13.8 Å². The van der Waals surface area contributed by atoms with E-state index in [1.54, 1.807) is 32.0 Å². The third kappa shape index (κ3) is 3.08. The molecule has 2 aromatic rings. The fourth-order valence-corrected chi connectivity index (χ4v) is 2.11. The first-order valence-corrected chi connectivity index (χ1v) is 6.37. The van der Waals surface area contributed by atoms with Crippen molar-refractivity contribution in [2.24, 2.45) is 5.73 Å². The summed E-state index contributed by atoms with van der Waals surface area (Å²) >= 11 is 0. The van der Waals surface area contributed by atoms with Gasteiger partial charge in [-0.1, -0.05) is 6.07 Å². The number of rotatable bonds is 3. The van der Waals surface area contributed by atoms with Crippen molar-refractivity contribution in [1.29, 1.82) is 0 Å². The van der Waals surface area contributed by atoms with Gasteiger partial charge in [-0.15, -0.1) is 0 Å². The van der Waals surface area contributed by atoms with E-state index in [4.69, 9.17) is 5.73 Å². The third-order valence-corrected chi connectivity index (χ3v) is 3.28. The van der Waals surface area contributed by atoms with Gasteiger partial charge in [0, 0.05) is 16.8 Å². The highest BCUT2D eigenvalue weighted by molar-refractivity contribution is 6.06. The van der Waals surface area contributed by atoms with Crippen LogP contribution >= 0.6 is 0 Å². The van der Waals surface area contributed by atoms with Gasteiger partial charge in [0.15, 0.2) is 0 Å². The largest absolute Gasteiger partial charge is 0.366 e. The van der Waals surface area contributed by atoms with Gasteiger partial charge in [0.2, 0.25) is 5.91 Å². The molecule has 2 aromatic carbocycles. The van der Waals surface area contributed by atoms with Crippen molar-refractivity contribution >= 4 is 17.5 Å². The number of nitrogens with one attached hydrogen (secondary N) is 1. The molecule has 108 valence electrons. The van der Waals surface area contributed by atoms with Crippen molar-refractivity contribution in [2.75, 3.05) is 5.32 Å². The predicted octanol–water partition coefficient (Wildman–Crippen LogP) is 2.79. The zero-order valence-electron chi connectivity index (χ0n) is 11.7. The van der Waals surface area contributed by atoms with Gasteiger partial charge in [-0.3, -0.25) is 9.59 Å². The quantitative estimate of drug-likeness (QED) is 0.910. The molecule has 0 aromatic heterocycles. The van der Waals surface area contributed by atoms with E-state index in [1.165, 1.54) is 18.2 Å². The Morgan fingerprint density at radius 1 is 1.10 bits per heavy atom. The molecular weight excluding hydrogens is 271 g/mol. The van der Waals surface area contributed by atoms with Gasteiger partial charge in [-0.25, -0.2) is 4.39 Å². The van der Waals surface area contributed by atoms with Crippen LogP contribution in [0.2, 0.25) is 0 Å². The van der Waals surface area contributed by atoms with Crippen LogP contribution < -0.4 is 11.1 Å². The molecule has 2 amide bonds. The molecule has 0 aliphatic rings. The van der Waals surface area contributed by atoms with Crippen molar-refractivity contribution < 1.29 is 14.0 Å². The first-order valence-electron chi connectivity index (χ1n) is 6.37. The minimum atomic E-state index is -0.554. The number of carbonyl (C=O) groups excluding carboxylic acids is 2. The van der Waals surface area contributed by atoms with E-state index >= 15 is 0 Å². The van der Waals surface area contributed by atoms with Gasteiger partial charge in [0.05, 0.1) is 0 Å². The number of halogens is 1. The van der Waals surface area contributed by atoms with Crippen molar-refractivity contribution in [3.8, 4) is 0 Å². The van der Waals surface area contributed by atoms with E-state index in [0.717, 1.165) is 0 Å². The molecule has 0 saturated heterocycles.